The van der Waals surface area contributed by atoms with Gasteiger partial charge in [0, 0.05) is 22.3 Å². The fourth-order valence-electron chi connectivity index (χ4n) is 9.41. The van der Waals surface area contributed by atoms with Gasteiger partial charge in [0.2, 0.25) is 0 Å². The van der Waals surface area contributed by atoms with Crippen molar-refractivity contribution in [1.29, 1.82) is 0 Å². The van der Waals surface area contributed by atoms with Crippen LogP contribution < -0.4 is 0 Å². The minimum atomic E-state index is -0.402. The molecule has 0 bridgehead atoms. The first-order valence-electron chi connectivity index (χ1n) is 20.2. The zero-order chi connectivity index (χ0) is 40.7. The molecule has 0 amide bonds. The second-order valence-corrected chi connectivity index (χ2v) is 15.9. The van der Waals surface area contributed by atoms with Crippen molar-refractivity contribution in [2.24, 2.45) is 9.98 Å². The monoisotopic (exact) mass is 758 g/mol. The Kier molecular flexibility index (Phi) is 9.50. The maximum atomic E-state index is 5.01. The summed E-state index contributed by atoms with van der Waals surface area (Å²) in [5.41, 5.74) is 18.9. The van der Waals surface area contributed by atoms with Gasteiger partial charge in [0.1, 0.15) is 0 Å². The maximum Gasteiger partial charge on any atom is 0.160 e. The lowest BCUT2D eigenvalue weighted by molar-refractivity contribution is 0.563. The molecule has 2 aliphatic carbocycles. The van der Waals surface area contributed by atoms with E-state index < -0.39 is 5.41 Å². The molecule has 2 nitrogen and oxygen atoms in total. The second kappa shape index (κ2) is 15.0. The Labute approximate surface area is 348 Å². The molecule has 284 valence electrons. The third-order valence-corrected chi connectivity index (χ3v) is 12.3. The van der Waals surface area contributed by atoms with E-state index in [1.54, 1.807) is 12.2 Å². The van der Waals surface area contributed by atoms with Crippen molar-refractivity contribution >= 4 is 17.2 Å². The van der Waals surface area contributed by atoms with Crippen LogP contribution in [0.4, 0.5) is 0 Å². The van der Waals surface area contributed by atoms with E-state index in [0.29, 0.717) is 11.5 Å². The van der Waals surface area contributed by atoms with E-state index in [0.717, 1.165) is 33.5 Å². The van der Waals surface area contributed by atoms with Crippen LogP contribution in [0.3, 0.4) is 0 Å². The van der Waals surface area contributed by atoms with Crippen molar-refractivity contribution in [3.8, 4) is 33.4 Å². The summed E-state index contributed by atoms with van der Waals surface area (Å²) in [6.45, 7) is 19.0. The molecule has 59 heavy (non-hydrogen) atoms. The summed E-state index contributed by atoms with van der Waals surface area (Å²) in [6.07, 6.45) is 5.42. The zero-order valence-corrected chi connectivity index (χ0v) is 33.9. The van der Waals surface area contributed by atoms with Crippen molar-refractivity contribution in [2.45, 2.75) is 31.6 Å². The number of hydrogen-bond acceptors (Lipinski definition) is 1. The van der Waals surface area contributed by atoms with Crippen LogP contribution in [-0.4, -0.2) is 11.5 Å². The van der Waals surface area contributed by atoms with Gasteiger partial charge in [0.25, 0.3) is 0 Å². The van der Waals surface area contributed by atoms with Crippen LogP contribution in [0.5, 0.6) is 0 Å². The summed E-state index contributed by atoms with van der Waals surface area (Å²) in [5.74, 6) is 0.585. The number of hydrogen-bond donors (Lipinski definition) is 0. The first-order valence-corrected chi connectivity index (χ1v) is 20.2. The van der Waals surface area contributed by atoms with Crippen LogP contribution in [0.25, 0.3) is 39.1 Å². The van der Waals surface area contributed by atoms with E-state index in [-0.39, 0.29) is 5.41 Å². The van der Waals surface area contributed by atoms with Gasteiger partial charge in [-0.25, -0.2) is 9.98 Å². The highest BCUT2D eigenvalue weighted by Crippen LogP contribution is 2.62. The topological polar surface area (TPSA) is 24.7 Å². The van der Waals surface area contributed by atoms with Gasteiger partial charge in [-0.05, 0) is 97.5 Å². The molecule has 0 N–H and O–H groups in total. The van der Waals surface area contributed by atoms with Crippen LogP contribution in [-0.2, 0) is 10.8 Å². The molecule has 2 aliphatic rings. The average Bonchev–Trinajstić information content (AvgIpc) is 3.58. The third kappa shape index (κ3) is 6.20. The molecule has 0 heterocycles. The third-order valence-electron chi connectivity index (χ3n) is 12.3. The van der Waals surface area contributed by atoms with Crippen LogP contribution in [0.15, 0.2) is 223 Å². The Hall–Kier alpha value is -7.16. The fourth-order valence-corrected chi connectivity index (χ4v) is 9.41. The molecule has 0 fully saturated rings. The fraction of sp³-hybridized carbons (Fsp3) is 0.0877. The number of allylic oxidation sites excluding steroid dienone is 4. The molecule has 7 aromatic carbocycles. The summed E-state index contributed by atoms with van der Waals surface area (Å²) >= 11 is 0. The maximum absolute atomic E-state index is 5.01. The van der Waals surface area contributed by atoms with Gasteiger partial charge in [-0.15, -0.1) is 0 Å². The summed E-state index contributed by atoms with van der Waals surface area (Å²) in [7, 11) is 0. The van der Waals surface area contributed by atoms with Gasteiger partial charge in [0.15, 0.2) is 5.84 Å². The van der Waals surface area contributed by atoms with Crippen LogP contribution >= 0.6 is 0 Å². The first kappa shape index (κ1) is 37.4. The van der Waals surface area contributed by atoms with Crippen molar-refractivity contribution in [2.75, 3.05) is 0 Å². The van der Waals surface area contributed by atoms with E-state index in [4.69, 9.17) is 9.98 Å². The number of rotatable bonds is 8. The van der Waals surface area contributed by atoms with E-state index >= 15 is 0 Å². The first-order chi connectivity index (χ1) is 28.7. The molecule has 0 aliphatic heterocycles. The van der Waals surface area contributed by atoms with Gasteiger partial charge in [-0.3, -0.25) is 0 Å². The lowest BCUT2D eigenvalue weighted by Crippen LogP contribution is -2.40. The smallest absolute Gasteiger partial charge is 0.160 e. The van der Waals surface area contributed by atoms with Gasteiger partial charge in [0.05, 0.1) is 11.1 Å². The molecule has 1 spiro atoms. The molecule has 9 rings (SSSR count). The quantitative estimate of drug-likeness (QED) is 0.0838. The Morgan fingerprint density at radius 1 is 0.492 bits per heavy atom. The van der Waals surface area contributed by atoms with Gasteiger partial charge in [-0.2, -0.15) is 0 Å². The van der Waals surface area contributed by atoms with E-state index in [1.165, 1.54) is 55.6 Å². The van der Waals surface area contributed by atoms with Crippen molar-refractivity contribution in [3.63, 3.8) is 0 Å². The molecule has 0 aromatic heterocycles. The van der Waals surface area contributed by atoms with Crippen molar-refractivity contribution < 1.29 is 0 Å². The molecular formula is C57H46N2. The molecule has 2 heteroatoms. The summed E-state index contributed by atoms with van der Waals surface area (Å²) in [6, 6.07) is 61.7. The molecule has 0 unspecified atom stereocenters. The van der Waals surface area contributed by atoms with Crippen molar-refractivity contribution in [3.05, 3.63) is 258 Å². The molecule has 0 radical (unpaired) electrons. The number of fused-ring (bicyclic) bond motifs is 9. The van der Waals surface area contributed by atoms with Crippen LogP contribution in [0, 0.1) is 0 Å². The number of nitrogens with zero attached hydrogens (tertiary/aromatic N) is 2. The van der Waals surface area contributed by atoms with Crippen LogP contribution in [0.2, 0.25) is 0 Å². The lowest BCUT2D eigenvalue weighted by Gasteiger charge is -2.46. The van der Waals surface area contributed by atoms with Gasteiger partial charge >= 0.3 is 0 Å². The predicted molar refractivity (Wildman–Crippen MR) is 250 cm³/mol. The highest BCUT2D eigenvalue weighted by Gasteiger charge is 2.53. The van der Waals surface area contributed by atoms with Gasteiger partial charge < -0.3 is 0 Å². The number of benzene rings is 7. The Morgan fingerprint density at radius 3 is 1.66 bits per heavy atom. The second-order valence-electron chi connectivity index (χ2n) is 15.9. The molecule has 0 saturated carbocycles. The summed E-state index contributed by atoms with van der Waals surface area (Å²) in [4.78, 5) is 9.96. The largest absolute Gasteiger partial charge is 0.233 e. The molecule has 7 aromatic rings. The summed E-state index contributed by atoms with van der Waals surface area (Å²) in [5, 5.41) is 0. The SMILES string of the molecule is C=C/C=C(\C=C)C(C)=NC(=NC(=C)c1cccc(-c2cccc(-c3ccc4c(c3)C(C)(C)c3ccccc3C43c4ccccc4-c4ccccc43)c2)c1)c1ccccc1. The normalized spacial score (nSPS) is 14.8. The zero-order valence-electron chi connectivity index (χ0n) is 33.9. The molecule has 0 atom stereocenters. The minimum Gasteiger partial charge on any atom is -0.233 e. The predicted octanol–water partition coefficient (Wildman–Crippen LogP) is 14.2. The summed E-state index contributed by atoms with van der Waals surface area (Å²) < 4.78 is 0. The molecule has 0 saturated heterocycles. The highest BCUT2D eigenvalue weighted by molar-refractivity contribution is 6.13. The van der Waals surface area contributed by atoms with Crippen LogP contribution in [0.1, 0.15) is 65.3 Å². The number of amidine groups is 1. The lowest BCUT2D eigenvalue weighted by atomic mass is 9.55. The Balaban J connectivity index is 1.12. The minimum absolute atomic E-state index is 0.219. The van der Waals surface area contributed by atoms with E-state index in [9.17, 15) is 0 Å². The van der Waals surface area contributed by atoms with E-state index in [2.05, 4.69) is 173 Å². The van der Waals surface area contributed by atoms with Crippen molar-refractivity contribution in [1.82, 2.24) is 0 Å². The number of aliphatic imine (C=N–C) groups is 2. The van der Waals surface area contributed by atoms with Gasteiger partial charge in [-0.1, -0.05) is 203 Å². The average molecular weight is 759 g/mol. The van der Waals surface area contributed by atoms with E-state index in [1.807, 2.05) is 43.3 Å². The Bertz CT molecular complexity index is 2870. The standard InChI is InChI=1S/C57H46N2/c1-7-20-40(8-2)38(3)58-55(41-21-10-9-11-22-41)59-39(4)42-23-18-24-43(35-42)44-25-19-26-45(36-44)46-33-34-53-54(37-46)56(5,6)51-31-16-17-32-52(51)57(53)49-29-14-12-27-47(49)48-28-13-15-30-50(48)57/h7-37H,1-2,4H2,3,5-6H3/b40-20+,58-38?,59-55?. The molecular weight excluding hydrogens is 713 g/mol. The highest BCUT2D eigenvalue weighted by atomic mass is 14.9. The Morgan fingerprint density at radius 2 is 1.02 bits per heavy atom.